The lowest BCUT2D eigenvalue weighted by Gasteiger charge is -2.13. The lowest BCUT2D eigenvalue weighted by molar-refractivity contribution is 0.632. The molecule has 6 heteroatoms. The normalized spacial score (nSPS) is 10.3. The van der Waals surface area contributed by atoms with E-state index in [4.69, 9.17) is 41.2 Å². The smallest absolute Gasteiger partial charge is 0.148 e. The third-order valence-electron chi connectivity index (χ3n) is 2.47. The Bertz CT molecular complexity index is 626. The lowest BCUT2D eigenvalue weighted by Crippen LogP contribution is -2.12. The summed E-state index contributed by atoms with van der Waals surface area (Å²) in [6, 6.07) is 9.36. The molecule has 2 aromatic carbocycles. The number of hydrogen-bond acceptors (Lipinski definition) is 2. The van der Waals surface area contributed by atoms with Crippen LogP contribution in [0.15, 0.2) is 36.4 Å². The summed E-state index contributed by atoms with van der Waals surface area (Å²) in [5.41, 5.74) is 6.86. The molecule has 0 aliphatic rings. The van der Waals surface area contributed by atoms with Crippen LogP contribution in [0.25, 0.3) is 0 Å². The second-order valence-corrected chi connectivity index (χ2v) is 5.06. The van der Waals surface area contributed by atoms with E-state index in [1.165, 1.54) is 12.1 Å². The first-order valence-corrected chi connectivity index (χ1v) is 6.46. The summed E-state index contributed by atoms with van der Waals surface area (Å²) in [6.45, 7) is 0. The SMILES string of the molecule is NC(=S)c1cc(Cl)ccc1Nc1c(F)cccc1Cl. The van der Waals surface area contributed by atoms with E-state index in [2.05, 4.69) is 5.32 Å². The Labute approximate surface area is 125 Å². The zero-order chi connectivity index (χ0) is 14.0. The van der Waals surface area contributed by atoms with Gasteiger partial charge in [0.25, 0.3) is 0 Å². The molecule has 0 radical (unpaired) electrons. The highest BCUT2D eigenvalue weighted by Crippen LogP contribution is 2.30. The Morgan fingerprint density at radius 3 is 2.58 bits per heavy atom. The van der Waals surface area contributed by atoms with E-state index in [1.807, 2.05) is 0 Å². The number of hydrogen-bond donors (Lipinski definition) is 2. The van der Waals surface area contributed by atoms with Crippen LogP contribution in [0, 0.1) is 5.82 Å². The highest BCUT2D eigenvalue weighted by atomic mass is 35.5. The van der Waals surface area contributed by atoms with E-state index in [9.17, 15) is 4.39 Å². The van der Waals surface area contributed by atoms with Gasteiger partial charge in [0.15, 0.2) is 0 Å². The predicted molar refractivity (Wildman–Crippen MR) is 82.0 cm³/mol. The zero-order valence-electron chi connectivity index (χ0n) is 9.58. The monoisotopic (exact) mass is 314 g/mol. The number of nitrogens with two attached hydrogens (primary N) is 1. The van der Waals surface area contributed by atoms with Crippen molar-refractivity contribution in [1.82, 2.24) is 0 Å². The molecular weight excluding hydrogens is 306 g/mol. The van der Waals surface area contributed by atoms with Gasteiger partial charge in [-0.25, -0.2) is 4.39 Å². The molecule has 19 heavy (non-hydrogen) atoms. The maximum absolute atomic E-state index is 13.7. The van der Waals surface area contributed by atoms with E-state index in [0.29, 0.717) is 16.3 Å². The van der Waals surface area contributed by atoms with Crippen molar-refractivity contribution in [3.63, 3.8) is 0 Å². The topological polar surface area (TPSA) is 38.0 Å². The second kappa shape index (κ2) is 5.74. The highest BCUT2D eigenvalue weighted by Gasteiger charge is 2.11. The van der Waals surface area contributed by atoms with Gasteiger partial charge in [-0.2, -0.15) is 0 Å². The molecule has 0 bridgehead atoms. The summed E-state index contributed by atoms with van der Waals surface area (Å²) in [4.78, 5) is 0.164. The van der Waals surface area contributed by atoms with Crippen molar-refractivity contribution in [1.29, 1.82) is 0 Å². The van der Waals surface area contributed by atoms with Crippen LogP contribution in [0.5, 0.6) is 0 Å². The van der Waals surface area contributed by atoms with Crippen LogP contribution in [0.1, 0.15) is 5.56 Å². The molecule has 0 aliphatic heterocycles. The average Bonchev–Trinajstić information content (AvgIpc) is 2.35. The fourth-order valence-corrected chi connectivity index (χ4v) is 2.13. The molecule has 0 saturated carbocycles. The fourth-order valence-electron chi connectivity index (χ4n) is 1.58. The van der Waals surface area contributed by atoms with Gasteiger partial charge in [0.05, 0.1) is 10.7 Å². The number of rotatable bonds is 3. The van der Waals surface area contributed by atoms with Gasteiger partial charge in [0, 0.05) is 16.3 Å². The molecule has 98 valence electrons. The molecule has 0 unspecified atom stereocenters. The third kappa shape index (κ3) is 3.15. The summed E-state index contributed by atoms with van der Waals surface area (Å²) < 4.78 is 13.7. The maximum Gasteiger partial charge on any atom is 0.148 e. The minimum Gasteiger partial charge on any atom is -0.389 e. The van der Waals surface area contributed by atoms with Crippen LogP contribution in [-0.2, 0) is 0 Å². The van der Waals surface area contributed by atoms with E-state index < -0.39 is 5.82 Å². The number of halogens is 3. The molecule has 2 nitrogen and oxygen atoms in total. The second-order valence-electron chi connectivity index (χ2n) is 3.78. The summed E-state index contributed by atoms with van der Waals surface area (Å²) in [7, 11) is 0. The minimum atomic E-state index is -0.462. The van der Waals surface area contributed by atoms with Crippen LogP contribution in [0.2, 0.25) is 10.0 Å². The van der Waals surface area contributed by atoms with Crippen molar-refractivity contribution in [2.75, 3.05) is 5.32 Å². The first-order chi connectivity index (χ1) is 8.99. The molecule has 0 spiro atoms. The summed E-state index contributed by atoms with van der Waals surface area (Å²) in [5.74, 6) is -0.462. The van der Waals surface area contributed by atoms with Crippen molar-refractivity contribution in [2.24, 2.45) is 5.73 Å². The molecule has 0 atom stereocenters. The van der Waals surface area contributed by atoms with E-state index in [-0.39, 0.29) is 15.7 Å². The number of anilines is 2. The van der Waals surface area contributed by atoms with Gasteiger partial charge in [-0.15, -0.1) is 0 Å². The Kier molecular flexibility index (Phi) is 4.24. The average molecular weight is 315 g/mol. The van der Waals surface area contributed by atoms with E-state index in [0.717, 1.165) is 0 Å². The molecule has 0 saturated heterocycles. The maximum atomic E-state index is 13.7. The van der Waals surface area contributed by atoms with Crippen molar-refractivity contribution in [3.05, 3.63) is 57.8 Å². The van der Waals surface area contributed by atoms with Crippen LogP contribution < -0.4 is 11.1 Å². The molecule has 0 fully saturated rings. The quantitative estimate of drug-likeness (QED) is 0.819. The Hall–Kier alpha value is -1.36. The number of nitrogens with one attached hydrogen (secondary N) is 1. The third-order valence-corrected chi connectivity index (χ3v) is 3.24. The Morgan fingerprint density at radius 1 is 1.21 bits per heavy atom. The lowest BCUT2D eigenvalue weighted by atomic mass is 10.1. The first kappa shape index (κ1) is 14.1. The van der Waals surface area contributed by atoms with Crippen molar-refractivity contribution in [2.45, 2.75) is 0 Å². The fraction of sp³-hybridized carbons (Fsp3) is 0. The van der Waals surface area contributed by atoms with Gasteiger partial charge in [-0.05, 0) is 30.3 Å². The molecule has 2 rings (SSSR count). The van der Waals surface area contributed by atoms with Gasteiger partial charge in [-0.3, -0.25) is 0 Å². The van der Waals surface area contributed by atoms with Gasteiger partial charge < -0.3 is 11.1 Å². The van der Waals surface area contributed by atoms with Gasteiger partial charge in [0.2, 0.25) is 0 Å². The first-order valence-electron chi connectivity index (χ1n) is 5.29. The van der Waals surface area contributed by atoms with Gasteiger partial charge >= 0.3 is 0 Å². The summed E-state index contributed by atoms with van der Waals surface area (Å²) in [5, 5.41) is 3.65. The Morgan fingerprint density at radius 2 is 1.95 bits per heavy atom. The highest BCUT2D eigenvalue weighted by molar-refractivity contribution is 7.80. The zero-order valence-corrected chi connectivity index (χ0v) is 11.9. The van der Waals surface area contributed by atoms with Crippen LogP contribution in [-0.4, -0.2) is 4.99 Å². The largest absolute Gasteiger partial charge is 0.389 e. The van der Waals surface area contributed by atoms with Gasteiger partial charge in [0.1, 0.15) is 10.8 Å². The molecule has 2 aromatic rings. The van der Waals surface area contributed by atoms with Crippen molar-refractivity contribution >= 4 is 51.8 Å². The Balaban J connectivity index is 2.47. The van der Waals surface area contributed by atoms with E-state index >= 15 is 0 Å². The van der Waals surface area contributed by atoms with Crippen molar-refractivity contribution in [3.8, 4) is 0 Å². The summed E-state index contributed by atoms with van der Waals surface area (Å²) in [6.07, 6.45) is 0. The van der Waals surface area contributed by atoms with Crippen molar-refractivity contribution < 1.29 is 4.39 Å². The number of para-hydroxylation sites is 1. The molecule has 0 heterocycles. The molecule has 3 N–H and O–H groups in total. The standard InChI is InChI=1S/C13H9Cl2FN2S/c14-7-4-5-11(8(6-7)13(17)19)18-12-9(15)2-1-3-10(12)16/h1-6,18H,(H2,17,19). The van der Waals surface area contributed by atoms with Crippen LogP contribution in [0.4, 0.5) is 15.8 Å². The molecule has 0 aromatic heterocycles. The van der Waals surface area contributed by atoms with Crippen LogP contribution in [0.3, 0.4) is 0 Å². The van der Waals surface area contributed by atoms with E-state index in [1.54, 1.807) is 24.3 Å². The molecule has 0 amide bonds. The number of thiocarbonyl (C=S) groups is 1. The minimum absolute atomic E-state index is 0.164. The molecule has 0 aliphatic carbocycles. The number of benzene rings is 2. The van der Waals surface area contributed by atoms with Crippen LogP contribution >= 0.6 is 35.4 Å². The summed E-state index contributed by atoms with van der Waals surface area (Å²) >= 11 is 16.8. The van der Waals surface area contributed by atoms with Gasteiger partial charge in [-0.1, -0.05) is 41.5 Å². The predicted octanol–water partition coefficient (Wildman–Crippen LogP) is 4.51. The molecular formula is C13H9Cl2FN2S.